The van der Waals surface area contributed by atoms with Crippen LogP contribution in [-0.2, 0) is 35.9 Å². The maximum Gasteiger partial charge on any atom is 2.00 e. The van der Waals surface area contributed by atoms with Crippen molar-refractivity contribution < 1.29 is 99.1 Å². The molecule has 5 aromatic heterocycles. The number of hydrogen-bond donors (Lipinski definition) is 0. The third-order valence-corrected chi connectivity index (χ3v) is 4.22. The third kappa shape index (κ3) is 13.0. The van der Waals surface area contributed by atoms with Crippen molar-refractivity contribution in [1.29, 1.82) is 0 Å². The summed E-state index contributed by atoms with van der Waals surface area (Å²) in [5, 5.41) is 9.29. The van der Waals surface area contributed by atoms with Crippen molar-refractivity contribution in [2.45, 2.75) is 6.92 Å². The first-order valence-corrected chi connectivity index (χ1v) is 11.9. The molecular weight excluding hydrogens is 655 g/mol. The van der Waals surface area contributed by atoms with Crippen LogP contribution < -0.4 is 37.3 Å². The van der Waals surface area contributed by atoms with Crippen LogP contribution in [0.15, 0.2) is 60.9 Å². The predicted molar refractivity (Wildman–Crippen MR) is 116 cm³/mol. The van der Waals surface area contributed by atoms with E-state index in [1.54, 1.807) is 16.9 Å². The molecule has 5 heterocycles. The molecule has 0 saturated carbocycles. The second-order valence-corrected chi connectivity index (χ2v) is 8.14. The Morgan fingerprint density at radius 2 is 1.17 bits per heavy atom. The number of rotatable bonds is 2. The number of pyridine rings is 3. The Morgan fingerprint density at radius 1 is 0.683 bits per heavy atom. The molecule has 220 valence electrons. The van der Waals surface area contributed by atoms with Gasteiger partial charge >= 0.3 is 19.5 Å². The molecule has 0 aliphatic heterocycles. The summed E-state index contributed by atoms with van der Waals surface area (Å²) in [5.41, 5.74) is 4.65. The van der Waals surface area contributed by atoms with E-state index >= 15 is 0 Å². The van der Waals surface area contributed by atoms with Gasteiger partial charge < -0.3 is 21.9 Å². The second-order valence-electron chi connectivity index (χ2n) is 6.62. The first-order chi connectivity index (χ1) is 16.8. The van der Waals surface area contributed by atoms with Crippen molar-refractivity contribution in [2.24, 2.45) is 0 Å². The van der Waals surface area contributed by atoms with Crippen LogP contribution in [0.1, 0.15) is 5.69 Å². The van der Waals surface area contributed by atoms with Crippen molar-refractivity contribution in [3.8, 4) is 22.9 Å². The largest absolute Gasteiger partial charge is 2.00 e. The number of aryl methyl sites for hydroxylation is 1. The van der Waals surface area contributed by atoms with Crippen LogP contribution in [0.3, 0.4) is 0 Å². The summed E-state index contributed by atoms with van der Waals surface area (Å²) < 4.78 is 69.7. The fraction of sp³-hybridized carbons (Fsp3) is 0.0526. The van der Waals surface area contributed by atoms with Crippen LogP contribution in [0.2, 0.25) is 0 Å². The van der Waals surface area contributed by atoms with Crippen LogP contribution in [-0.4, -0.2) is 40.2 Å². The van der Waals surface area contributed by atoms with E-state index in [2.05, 4.69) is 20.3 Å². The second kappa shape index (κ2) is 17.7. The summed E-state index contributed by atoms with van der Waals surface area (Å²) in [4.78, 5) is 18.3. The number of fused-ring (bicyclic) bond motifs is 3. The molecule has 0 radical (unpaired) electrons. The molecule has 0 spiro atoms. The molecule has 0 aliphatic rings. The zero-order valence-corrected chi connectivity index (χ0v) is 25.3. The Balaban J connectivity index is -0.000000844. The van der Waals surface area contributed by atoms with Crippen LogP contribution in [0.4, 0.5) is 0 Å². The van der Waals surface area contributed by atoms with Gasteiger partial charge in [-0.3, -0.25) is 9.97 Å². The fourth-order valence-electron chi connectivity index (χ4n) is 2.95. The summed E-state index contributed by atoms with van der Waals surface area (Å²) in [7, 11) is -9.89. The van der Waals surface area contributed by atoms with Gasteiger partial charge in [0.2, 0.25) is 0 Å². The standard InChI is InChI=1S/C19H13N7.2ClHO4.4H2O.Zn/c1-12-16-9-8-13-17(14-6-2-4-10-20-14)22-18(15-7-3-5-11-21-15)23-19(13)26(16)25-24-12;2*2-1(3,4)5;;;;;/h2-11H,1H3;2*(H,2,3,4,5);4*1H2;/q;;;;;;;+2/p+1. The van der Waals surface area contributed by atoms with Crippen LogP contribution in [0.25, 0.3) is 39.5 Å². The van der Waals surface area contributed by atoms with Gasteiger partial charge in [-0.25, -0.2) is 47.2 Å². The zero-order chi connectivity index (χ0) is 26.5. The molecule has 0 atom stereocenters. The molecule has 0 bridgehead atoms. The summed E-state index contributed by atoms with van der Waals surface area (Å²) in [5.74, 6) is 0.527. The summed E-state index contributed by atoms with van der Waals surface area (Å²) in [6.07, 6.45) is 3.48. The van der Waals surface area contributed by atoms with Crippen molar-refractivity contribution >= 4 is 16.6 Å². The maximum absolute atomic E-state index is 8.49. The Labute approximate surface area is 246 Å². The quantitative estimate of drug-likeness (QED) is 0.124. The normalized spacial score (nSPS) is 10.1. The van der Waals surface area contributed by atoms with E-state index in [-0.39, 0.29) is 41.4 Å². The van der Waals surface area contributed by atoms with Gasteiger partial charge in [-0.2, -0.15) is 4.52 Å². The topological polar surface area (TPSA) is 397 Å². The monoisotopic (exact) mass is 676 g/mol. The molecule has 5 aromatic rings. The Morgan fingerprint density at radius 3 is 1.63 bits per heavy atom. The van der Waals surface area contributed by atoms with Crippen LogP contribution >= 0.6 is 0 Å². The van der Waals surface area contributed by atoms with E-state index in [1.807, 2.05) is 55.5 Å². The fourth-order valence-corrected chi connectivity index (χ4v) is 2.95. The van der Waals surface area contributed by atoms with Gasteiger partial charge in [0.1, 0.15) is 11.4 Å². The first-order valence-electron chi connectivity index (χ1n) is 9.40. The van der Waals surface area contributed by atoms with Crippen LogP contribution in [0.5, 0.6) is 0 Å². The smallest absolute Gasteiger partial charge is 0.457 e. The van der Waals surface area contributed by atoms with Crippen molar-refractivity contribution in [3.63, 3.8) is 0 Å². The van der Waals surface area contributed by atoms with E-state index < -0.39 is 20.5 Å². The number of nitrogens with zero attached hydrogens (tertiary/aromatic N) is 7. The van der Waals surface area contributed by atoms with E-state index in [0.29, 0.717) is 17.2 Å². The minimum absolute atomic E-state index is 0. The SMILES string of the molecule is Cc1nnn2c1ccc1c(-c3ccccn3)nc(-c3ccccn3)nc12.O.[O-][Cl+3]([O-])([O-])[O-].[O-][Cl+3]([O-])([O-])[O-].[OH3+].[OH3+].[OH3+].[Zn+2]. The molecule has 5 rings (SSSR count). The van der Waals surface area contributed by atoms with Gasteiger partial charge in [0, 0.05) is 17.8 Å². The summed E-state index contributed by atoms with van der Waals surface area (Å²) >= 11 is 0. The number of halogens is 2. The van der Waals surface area contributed by atoms with Crippen LogP contribution in [0, 0.1) is 27.4 Å². The summed E-state index contributed by atoms with van der Waals surface area (Å²) in [6, 6.07) is 15.4. The predicted octanol–water partition coefficient (Wildman–Crippen LogP) is -10.00. The number of hydrogen-bond acceptors (Lipinski definition) is 14. The van der Waals surface area contributed by atoms with Gasteiger partial charge in [0.05, 0.1) is 16.9 Å². The minimum atomic E-state index is -4.94. The Kier molecular flexibility index (Phi) is 18.3. The molecule has 0 unspecified atom stereocenters. The molecule has 11 N–H and O–H groups in total. The van der Waals surface area contributed by atoms with E-state index in [4.69, 9.17) is 47.2 Å². The van der Waals surface area contributed by atoms with E-state index in [0.717, 1.165) is 28.0 Å². The zero-order valence-electron chi connectivity index (χ0n) is 20.9. The van der Waals surface area contributed by atoms with E-state index in [1.165, 1.54) is 0 Å². The van der Waals surface area contributed by atoms with Gasteiger partial charge in [0.15, 0.2) is 11.5 Å². The molecule has 0 aromatic carbocycles. The molecule has 0 aliphatic carbocycles. The average molecular weight is 679 g/mol. The number of aromatic nitrogens is 7. The van der Waals surface area contributed by atoms with Gasteiger partial charge in [-0.1, -0.05) is 17.3 Å². The van der Waals surface area contributed by atoms with Gasteiger partial charge in [-0.05, 0) is 43.3 Å². The molecule has 19 nitrogen and oxygen atoms in total. The van der Waals surface area contributed by atoms with Crippen molar-refractivity contribution in [2.75, 3.05) is 0 Å². The summed E-state index contributed by atoms with van der Waals surface area (Å²) in [6.45, 7) is 1.93. The molecule has 0 amide bonds. The Bertz CT molecular complexity index is 1440. The van der Waals surface area contributed by atoms with Gasteiger partial charge in [0.25, 0.3) is 0 Å². The van der Waals surface area contributed by atoms with Gasteiger partial charge in [-0.15, -0.1) is 25.6 Å². The van der Waals surface area contributed by atoms with Crippen molar-refractivity contribution in [3.05, 3.63) is 66.6 Å². The molecular formula is C19H24Cl2N7O12Zn+3. The molecule has 41 heavy (non-hydrogen) atoms. The Hall–Kier alpha value is -3.02. The maximum atomic E-state index is 8.49. The van der Waals surface area contributed by atoms with E-state index in [9.17, 15) is 0 Å². The molecule has 22 heteroatoms. The van der Waals surface area contributed by atoms with Crippen molar-refractivity contribution in [1.82, 2.24) is 34.8 Å². The minimum Gasteiger partial charge on any atom is -0.457 e. The third-order valence-electron chi connectivity index (χ3n) is 4.22. The molecule has 0 saturated heterocycles. The average Bonchev–Trinajstić information content (AvgIpc) is 3.18. The first kappa shape index (κ1) is 42.5. The molecule has 0 fully saturated rings.